The molecule has 2 nitrogen and oxygen atoms in total. The topological polar surface area (TPSA) is 12.5 Å². The number of likely N-dealkylation sites (tertiary alicyclic amines) is 1. The van der Waals surface area contributed by atoms with Gasteiger partial charge in [-0.25, -0.2) is 0 Å². The Morgan fingerprint density at radius 2 is 1.83 bits per heavy atom. The van der Waals surface area contributed by atoms with Crippen molar-refractivity contribution in [2.75, 3.05) is 33.9 Å². The quantitative estimate of drug-likeness (QED) is 0.616. The van der Waals surface area contributed by atoms with E-state index >= 15 is 0 Å². The molecule has 2 fully saturated rings. The van der Waals surface area contributed by atoms with E-state index in [9.17, 15) is 0 Å². The molecule has 1 saturated heterocycles. The number of nitrogens with zero attached hydrogens (tertiary/aromatic N) is 1. The summed E-state index contributed by atoms with van der Waals surface area (Å²) in [6.45, 7) is 3.63. The van der Waals surface area contributed by atoms with E-state index in [1.165, 1.54) is 25.9 Å². The van der Waals surface area contributed by atoms with Crippen LogP contribution in [0.2, 0.25) is 0 Å². The summed E-state index contributed by atoms with van der Waals surface area (Å²) in [6.07, 6.45) is 2.81. The SMILES string of the molecule is COC[C@H]1CC2CN(C)C[C@@H]2C1. The van der Waals surface area contributed by atoms with E-state index in [0.717, 1.165) is 24.4 Å². The van der Waals surface area contributed by atoms with Crippen molar-refractivity contribution in [3.05, 3.63) is 0 Å². The Labute approximate surface area is 74.9 Å². The molecular weight excluding hydrogens is 150 g/mol. The normalized spacial score (nSPS) is 42.0. The second-order valence-electron chi connectivity index (χ2n) is 4.53. The van der Waals surface area contributed by atoms with Gasteiger partial charge in [0.05, 0.1) is 0 Å². The molecule has 0 aromatic heterocycles. The lowest BCUT2D eigenvalue weighted by Crippen LogP contribution is -2.17. The first-order chi connectivity index (χ1) is 5.79. The van der Waals surface area contributed by atoms with Gasteiger partial charge in [0, 0.05) is 26.8 Å². The Kier molecular flexibility index (Phi) is 2.37. The highest BCUT2D eigenvalue weighted by Gasteiger charge is 2.39. The second kappa shape index (κ2) is 3.35. The van der Waals surface area contributed by atoms with Crippen molar-refractivity contribution in [2.45, 2.75) is 12.8 Å². The minimum Gasteiger partial charge on any atom is -0.384 e. The van der Waals surface area contributed by atoms with E-state index in [-0.39, 0.29) is 0 Å². The Balaban J connectivity index is 1.85. The van der Waals surface area contributed by atoms with Gasteiger partial charge in [0.15, 0.2) is 0 Å². The summed E-state index contributed by atoms with van der Waals surface area (Å²) in [7, 11) is 4.06. The van der Waals surface area contributed by atoms with E-state index < -0.39 is 0 Å². The smallest absolute Gasteiger partial charge is 0.0490 e. The molecule has 1 aliphatic carbocycles. The molecule has 1 aliphatic heterocycles. The van der Waals surface area contributed by atoms with Crippen LogP contribution in [0.3, 0.4) is 0 Å². The zero-order chi connectivity index (χ0) is 8.55. The molecule has 2 rings (SSSR count). The summed E-state index contributed by atoms with van der Waals surface area (Å²) in [4.78, 5) is 2.47. The maximum Gasteiger partial charge on any atom is 0.0490 e. The summed E-state index contributed by atoms with van der Waals surface area (Å²) in [6, 6.07) is 0. The van der Waals surface area contributed by atoms with Crippen LogP contribution in [0, 0.1) is 17.8 Å². The zero-order valence-corrected chi connectivity index (χ0v) is 8.12. The Morgan fingerprint density at radius 3 is 2.33 bits per heavy atom. The maximum atomic E-state index is 5.20. The van der Waals surface area contributed by atoms with Crippen LogP contribution in [0.1, 0.15) is 12.8 Å². The fourth-order valence-corrected chi connectivity index (χ4v) is 3.03. The van der Waals surface area contributed by atoms with Crippen molar-refractivity contribution in [3.63, 3.8) is 0 Å². The second-order valence-corrected chi connectivity index (χ2v) is 4.53. The monoisotopic (exact) mass is 169 g/mol. The highest BCUT2D eigenvalue weighted by molar-refractivity contribution is 4.90. The first-order valence-corrected chi connectivity index (χ1v) is 4.97. The van der Waals surface area contributed by atoms with Crippen LogP contribution in [0.25, 0.3) is 0 Å². The minimum atomic E-state index is 0.860. The van der Waals surface area contributed by atoms with Crippen molar-refractivity contribution >= 4 is 0 Å². The van der Waals surface area contributed by atoms with E-state index in [4.69, 9.17) is 4.74 Å². The standard InChI is InChI=1S/C10H19NO/c1-11-5-9-3-8(7-12-2)4-10(9)6-11/h8-10H,3-7H2,1-2H3/t8-,9+,10?/m1/s1. The largest absolute Gasteiger partial charge is 0.384 e. The van der Waals surface area contributed by atoms with Crippen LogP contribution in [0.4, 0.5) is 0 Å². The molecule has 0 spiro atoms. The third-order valence-electron chi connectivity index (χ3n) is 3.43. The van der Waals surface area contributed by atoms with Gasteiger partial charge in [0.2, 0.25) is 0 Å². The van der Waals surface area contributed by atoms with Gasteiger partial charge < -0.3 is 9.64 Å². The number of hydrogen-bond acceptors (Lipinski definition) is 2. The molecule has 1 heterocycles. The zero-order valence-electron chi connectivity index (χ0n) is 8.12. The minimum absolute atomic E-state index is 0.860. The molecular formula is C10H19NO. The van der Waals surface area contributed by atoms with Gasteiger partial charge in [-0.3, -0.25) is 0 Å². The number of fused-ring (bicyclic) bond motifs is 1. The van der Waals surface area contributed by atoms with Crippen LogP contribution in [-0.4, -0.2) is 38.8 Å². The predicted octanol–water partition coefficient (Wildman–Crippen LogP) is 1.22. The summed E-state index contributed by atoms with van der Waals surface area (Å²) in [5.41, 5.74) is 0. The van der Waals surface area contributed by atoms with Gasteiger partial charge in [-0.15, -0.1) is 0 Å². The highest BCUT2D eigenvalue weighted by atomic mass is 16.5. The molecule has 3 atom stereocenters. The summed E-state index contributed by atoms with van der Waals surface area (Å²) < 4.78 is 5.20. The van der Waals surface area contributed by atoms with Crippen LogP contribution < -0.4 is 0 Å². The molecule has 2 aliphatic rings. The molecule has 0 bridgehead atoms. The molecule has 70 valence electrons. The number of ether oxygens (including phenoxy) is 1. The van der Waals surface area contributed by atoms with E-state index in [0.29, 0.717) is 0 Å². The molecule has 1 unspecified atom stereocenters. The fourth-order valence-electron chi connectivity index (χ4n) is 3.03. The predicted molar refractivity (Wildman–Crippen MR) is 49.1 cm³/mol. The first kappa shape index (κ1) is 8.52. The lowest BCUT2D eigenvalue weighted by Gasteiger charge is -2.13. The number of methoxy groups -OCH3 is 1. The average molecular weight is 169 g/mol. The fraction of sp³-hybridized carbons (Fsp3) is 1.00. The lowest BCUT2D eigenvalue weighted by atomic mass is 10.0. The molecule has 1 saturated carbocycles. The lowest BCUT2D eigenvalue weighted by molar-refractivity contribution is 0.148. The van der Waals surface area contributed by atoms with Gasteiger partial charge >= 0.3 is 0 Å². The van der Waals surface area contributed by atoms with E-state index in [1.807, 2.05) is 7.11 Å². The van der Waals surface area contributed by atoms with E-state index in [2.05, 4.69) is 11.9 Å². The Morgan fingerprint density at radius 1 is 1.25 bits per heavy atom. The van der Waals surface area contributed by atoms with Crippen molar-refractivity contribution in [2.24, 2.45) is 17.8 Å². The summed E-state index contributed by atoms with van der Waals surface area (Å²) in [5.74, 6) is 2.82. The average Bonchev–Trinajstić information content (AvgIpc) is 2.44. The van der Waals surface area contributed by atoms with Crippen molar-refractivity contribution in [1.29, 1.82) is 0 Å². The molecule has 0 aromatic carbocycles. The molecule has 0 aromatic rings. The van der Waals surface area contributed by atoms with Crippen molar-refractivity contribution < 1.29 is 4.74 Å². The van der Waals surface area contributed by atoms with Gasteiger partial charge in [-0.05, 0) is 37.6 Å². The molecule has 0 N–H and O–H groups in total. The summed E-state index contributed by atoms with van der Waals surface area (Å²) >= 11 is 0. The van der Waals surface area contributed by atoms with E-state index in [1.54, 1.807) is 0 Å². The molecule has 0 amide bonds. The number of rotatable bonds is 2. The van der Waals surface area contributed by atoms with Crippen LogP contribution in [0.5, 0.6) is 0 Å². The summed E-state index contributed by atoms with van der Waals surface area (Å²) in [5, 5.41) is 0. The van der Waals surface area contributed by atoms with Crippen molar-refractivity contribution in [1.82, 2.24) is 4.90 Å². The van der Waals surface area contributed by atoms with Crippen molar-refractivity contribution in [3.8, 4) is 0 Å². The highest BCUT2D eigenvalue weighted by Crippen LogP contribution is 2.40. The molecule has 12 heavy (non-hydrogen) atoms. The van der Waals surface area contributed by atoms with Crippen LogP contribution >= 0.6 is 0 Å². The van der Waals surface area contributed by atoms with Gasteiger partial charge in [-0.2, -0.15) is 0 Å². The van der Waals surface area contributed by atoms with Crippen LogP contribution in [-0.2, 0) is 4.74 Å². The molecule has 0 radical (unpaired) electrons. The van der Waals surface area contributed by atoms with Gasteiger partial charge in [0.25, 0.3) is 0 Å². The third-order valence-corrected chi connectivity index (χ3v) is 3.43. The number of hydrogen-bond donors (Lipinski definition) is 0. The molecule has 2 heteroatoms. The van der Waals surface area contributed by atoms with Crippen LogP contribution in [0.15, 0.2) is 0 Å². The Bertz CT molecular complexity index is 146. The maximum absolute atomic E-state index is 5.20. The van der Waals surface area contributed by atoms with Gasteiger partial charge in [-0.1, -0.05) is 0 Å². The Hall–Kier alpha value is -0.0800. The first-order valence-electron chi connectivity index (χ1n) is 4.97. The third kappa shape index (κ3) is 1.50. The van der Waals surface area contributed by atoms with Gasteiger partial charge in [0.1, 0.15) is 0 Å².